The van der Waals surface area contributed by atoms with Crippen molar-refractivity contribution in [3.05, 3.63) is 12.7 Å². The molecular weight excluding hydrogens is 154 g/mol. The molecule has 0 bridgehead atoms. The highest BCUT2D eigenvalue weighted by Crippen LogP contribution is 2.15. The van der Waals surface area contributed by atoms with Crippen LogP contribution < -0.4 is 0 Å². The molecule has 0 amide bonds. The van der Waals surface area contributed by atoms with E-state index in [9.17, 15) is 0 Å². The fourth-order valence-corrected chi connectivity index (χ4v) is 1.85. The number of rotatable bonds is 4. The van der Waals surface area contributed by atoms with E-state index in [0.29, 0.717) is 5.25 Å². The highest BCUT2D eigenvalue weighted by Gasteiger charge is 2.00. The first-order chi connectivity index (χ1) is 5.20. The average Bonchev–Trinajstić information content (AvgIpc) is 1.87. The van der Waals surface area contributed by atoms with Crippen molar-refractivity contribution in [2.24, 2.45) is 4.99 Å². The lowest BCUT2D eigenvalue weighted by molar-refractivity contribution is 0.989. The van der Waals surface area contributed by atoms with Gasteiger partial charge < -0.3 is 0 Å². The molecule has 0 aromatic heterocycles. The van der Waals surface area contributed by atoms with Gasteiger partial charge in [-0.15, -0.1) is 18.3 Å². The summed E-state index contributed by atoms with van der Waals surface area (Å²) in [4.78, 5) is 4.29. The molecule has 1 nitrogen and oxygen atoms in total. The second-order valence-corrected chi connectivity index (χ2v) is 4.08. The maximum Gasteiger partial charge on any atom is 0.0647 e. The minimum absolute atomic E-state index is 0.614. The highest BCUT2D eigenvalue weighted by atomic mass is 32.2. The predicted octanol–water partition coefficient (Wildman–Crippen LogP) is 3.12. The Morgan fingerprint density at radius 1 is 1.73 bits per heavy atom. The third kappa shape index (κ3) is 6.17. The van der Waals surface area contributed by atoms with E-state index in [-0.39, 0.29) is 0 Å². The van der Waals surface area contributed by atoms with Crippen molar-refractivity contribution in [3.8, 4) is 0 Å². The van der Waals surface area contributed by atoms with Gasteiger partial charge >= 0.3 is 0 Å². The summed E-state index contributed by atoms with van der Waals surface area (Å²) in [5.74, 6) is 0. The second-order valence-electron chi connectivity index (χ2n) is 2.45. The van der Waals surface area contributed by atoms with Crippen molar-refractivity contribution in [1.29, 1.82) is 0 Å². The molecular formula is C9H17NS. The largest absolute Gasteiger partial charge is 0.284 e. The Kier molecular flexibility index (Phi) is 6.33. The fourth-order valence-electron chi connectivity index (χ4n) is 0.834. The highest BCUT2D eigenvalue weighted by molar-refractivity contribution is 8.14. The molecule has 0 heterocycles. The Labute approximate surface area is 74.0 Å². The van der Waals surface area contributed by atoms with Crippen molar-refractivity contribution in [2.75, 3.05) is 6.54 Å². The van der Waals surface area contributed by atoms with Gasteiger partial charge in [0.05, 0.1) is 5.04 Å². The molecule has 0 N–H and O–H groups in total. The van der Waals surface area contributed by atoms with E-state index in [1.54, 1.807) is 0 Å². The number of allylic oxidation sites excluding steroid dienone is 1. The van der Waals surface area contributed by atoms with Crippen LogP contribution in [-0.4, -0.2) is 16.8 Å². The SMILES string of the molecule is C=CCC(C)S/C(C)=N\CC. The van der Waals surface area contributed by atoms with Gasteiger partial charge in [-0.3, -0.25) is 4.99 Å². The van der Waals surface area contributed by atoms with Crippen molar-refractivity contribution < 1.29 is 0 Å². The molecule has 0 saturated heterocycles. The maximum absolute atomic E-state index is 4.29. The van der Waals surface area contributed by atoms with Crippen LogP contribution in [0.2, 0.25) is 0 Å². The first-order valence-electron chi connectivity index (χ1n) is 3.99. The molecule has 0 saturated carbocycles. The zero-order valence-corrected chi connectivity index (χ0v) is 8.45. The third-order valence-corrected chi connectivity index (χ3v) is 2.32. The topological polar surface area (TPSA) is 12.4 Å². The standard InChI is InChI=1S/C9H17NS/c1-5-7-8(3)11-9(4)10-6-2/h5,8H,1,6-7H2,2-4H3/b10-9-. The van der Waals surface area contributed by atoms with E-state index in [1.807, 2.05) is 17.8 Å². The second kappa shape index (κ2) is 6.47. The van der Waals surface area contributed by atoms with Crippen LogP contribution >= 0.6 is 11.8 Å². The summed E-state index contributed by atoms with van der Waals surface area (Å²) in [5.41, 5.74) is 0. The monoisotopic (exact) mass is 171 g/mol. The lowest BCUT2D eigenvalue weighted by Crippen LogP contribution is -1.98. The summed E-state index contributed by atoms with van der Waals surface area (Å²) in [6, 6.07) is 0. The molecule has 0 spiro atoms. The molecule has 11 heavy (non-hydrogen) atoms. The minimum Gasteiger partial charge on any atom is -0.284 e. The van der Waals surface area contributed by atoms with Gasteiger partial charge in [0.1, 0.15) is 0 Å². The molecule has 0 aliphatic carbocycles. The predicted molar refractivity (Wildman–Crippen MR) is 55.5 cm³/mol. The summed E-state index contributed by atoms with van der Waals surface area (Å²) >= 11 is 1.83. The van der Waals surface area contributed by atoms with Crippen molar-refractivity contribution in [3.63, 3.8) is 0 Å². The van der Waals surface area contributed by atoms with E-state index < -0.39 is 0 Å². The van der Waals surface area contributed by atoms with Crippen LogP contribution in [0.5, 0.6) is 0 Å². The molecule has 0 aliphatic heterocycles. The summed E-state index contributed by atoms with van der Waals surface area (Å²) in [6.45, 7) is 10.9. The maximum atomic E-state index is 4.29. The van der Waals surface area contributed by atoms with Gasteiger partial charge in [-0.2, -0.15) is 0 Å². The Bertz CT molecular complexity index is 140. The first-order valence-corrected chi connectivity index (χ1v) is 4.87. The van der Waals surface area contributed by atoms with Crippen molar-refractivity contribution in [2.45, 2.75) is 32.4 Å². The van der Waals surface area contributed by atoms with Gasteiger partial charge in [0, 0.05) is 11.8 Å². The normalized spacial score (nSPS) is 14.6. The molecule has 1 unspecified atom stereocenters. The van der Waals surface area contributed by atoms with Gasteiger partial charge in [-0.25, -0.2) is 0 Å². The Morgan fingerprint density at radius 3 is 2.82 bits per heavy atom. The molecule has 64 valence electrons. The number of thioether (sulfide) groups is 1. The summed E-state index contributed by atoms with van der Waals surface area (Å²) in [7, 11) is 0. The average molecular weight is 171 g/mol. The van der Waals surface area contributed by atoms with Crippen molar-refractivity contribution >= 4 is 16.8 Å². The minimum atomic E-state index is 0.614. The van der Waals surface area contributed by atoms with E-state index in [0.717, 1.165) is 13.0 Å². The summed E-state index contributed by atoms with van der Waals surface area (Å²) in [5, 5.41) is 1.80. The van der Waals surface area contributed by atoms with Crippen LogP contribution in [0.25, 0.3) is 0 Å². The number of hydrogen-bond acceptors (Lipinski definition) is 2. The zero-order chi connectivity index (χ0) is 8.69. The van der Waals surface area contributed by atoms with Gasteiger partial charge in [-0.1, -0.05) is 13.0 Å². The number of hydrogen-bond donors (Lipinski definition) is 0. The molecule has 0 aliphatic rings. The Balaban J connectivity index is 3.64. The molecule has 1 atom stereocenters. The van der Waals surface area contributed by atoms with Crippen LogP contribution in [0.4, 0.5) is 0 Å². The lowest BCUT2D eigenvalue weighted by Gasteiger charge is -2.06. The van der Waals surface area contributed by atoms with Crippen LogP contribution in [0, 0.1) is 0 Å². The molecule has 0 aromatic carbocycles. The van der Waals surface area contributed by atoms with Crippen LogP contribution in [0.1, 0.15) is 27.2 Å². The number of aliphatic imine (C=N–C) groups is 1. The van der Waals surface area contributed by atoms with Crippen molar-refractivity contribution in [1.82, 2.24) is 0 Å². The Morgan fingerprint density at radius 2 is 2.36 bits per heavy atom. The molecule has 2 heteroatoms. The lowest BCUT2D eigenvalue weighted by atomic mass is 10.3. The summed E-state index contributed by atoms with van der Waals surface area (Å²) < 4.78 is 0. The molecule has 0 fully saturated rings. The van der Waals surface area contributed by atoms with E-state index >= 15 is 0 Å². The van der Waals surface area contributed by atoms with Crippen LogP contribution in [0.15, 0.2) is 17.6 Å². The third-order valence-electron chi connectivity index (χ3n) is 1.25. The number of nitrogens with zero attached hydrogens (tertiary/aromatic N) is 1. The zero-order valence-electron chi connectivity index (χ0n) is 7.63. The van der Waals surface area contributed by atoms with Crippen LogP contribution in [-0.2, 0) is 0 Å². The molecule has 0 radical (unpaired) electrons. The molecule has 0 aromatic rings. The van der Waals surface area contributed by atoms with E-state index in [1.165, 1.54) is 5.04 Å². The van der Waals surface area contributed by atoms with E-state index in [4.69, 9.17) is 0 Å². The summed E-state index contributed by atoms with van der Waals surface area (Å²) in [6.07, 6.45) is 3.01. The van der Waals surface area contributed by atoms with Crippen LogP contribution in [0.3, 0.4) is 0 Å². The van der Waals surface area contributed by atoms with E-state index in [2.05, 4.69) is 32.3 Å². The smallest absolute Gasteiger partial charge is 0.0647 e. The quantitative estimate of drug-likeness (QED) is 0.359. The van der Waals surface area contributed by atoms with Gasteiger partial charge in [0.15, 0.2) is 0 Å². The van der Waals surface area contributed by atoms with Gasteiger partial charge in [0.25, 0.3) is 0 Å². The molecule has 0 rings (SSSR count). The first kappa shape index (κ1) is 10.8. The fraction of sp³-hybridized carbons (Fsp3) is 0.667. The van der Waals surface area contributed by atoms with Gasteiger partial charge in [0.2, 0.25) is 0 Å². The Hall–Kier alpha value is -0.240. The van der Waals surface area contributed by atoms with Gasteiger partial charge in [-0.05, 0) is 20.3 Å².